The lowest BCUT2D eigenvalue weighted by Crippen LogP contribution is -2.24. The Hall–Kier alpha value is -3.78. The number of ether oxygens (including phenoxy) is 2. The van der Waals surface area contributed by atoms with Crippen molar-refractivity contribution in [1.82, 2.24) is 10.3 Å². The number of hydrogen-bond donors (Lipinski definition) is 2. The van der Waals surface area contributed by atoms with E-state index in [2.05, 4.69) is 15.6 Å². The van der Waals surface area contributed by atoms with E-state index in [9.17, 15) is 14.4 Å². The van der Waals surface area contributed by atoms with Gasteiger partial charge in [0.25, 0.3) is 11.8 Å². The Balaban J connectivity index is 1.72. The summed E-state index contributed by atoms with van der Waals surface area (Å²) in [5, 5.41) is 6.16. The third-order valence-electron chi connectivity index (χ3n) is 4.79. The van der Waals surface area contributed by atoms with Crippen LogP contribution >= 0.6 is 0 Å². The number of aromatic nitrogens is 1. The highest BCUT2D eigenvalue weighted by molar-refractivity contribution is 6.01. The van der Waals surface area contributed by atoms with Crippen LogP contribution in [0.1, 0.15) is 38.9 Å². The lowest BCUT2D eigenvalue weighted by Gasteiger charge is -2.14. The second-order valence-corrected chi connectivity index (χ2v) is 7.07. The van der Waals surface area contributed by atoms with Crippen LogP contribution in [0, 0.1) is 6.92 Å². The maximum Gasteiger partial charge on any atom is 0.340 e. The molecule has 0 aliphatic carbocycles. The van der Waals surface area contributed by atoms with Crippen molar-refractivity contribution in [3.8, 4) is 0 Å². The minimum Gasteiger partial charge on any atom is -0.452 e. The van der Waals surface area contributed by atoms with Crippen LogP contribution in [0.15, 0.2) is 48.5 Å². The molecule has 166 valence electrons. The van der Waals surface area contributed by atoms with Crippen LogP contribution in [-0.4, -0.2) is 43.0 Å². The van der Waals surface area contributed by atoms with Crippen molar-refractivity contribution in [1.29, 1.82) is 0 Å². The fraction of sp³-hybridized carbons (Fsp3) is 0.250. The summed E-state index contributed by atoms with van der Waals surface area (Å²) < 4.78 is 10.5. The molecule has 0 spiro atoms. The molecule has 2 aromatic carbocycles. The van der Waals surface area contributed by atoms with Crippen molar-refractivity contribution < 1.29 is 23.9 Å². The summed E-state index contributed by atoms with van der Waals surface area (Å²) in [5.74, 6) is -1.41. The van der Waals surface area contributed by atoms with Crippen LogP contribution in [0.3, 0.4) is 0 Å². The Morgan fingerprint density at radius 2 is 1.84 bits per heavy atom. The van der Waals surface area contributed by atoms with E-state index >= 15 is 0 Å². The number of benzene rings is 2. The predicted octanol–water partition coefficient (Wildman–Crippen LogP) is 3.23. The lowest BCUT2D eigenvalue weighted by atomic mass is 10.0. The molecule has 2 amide bonds. The van der Waals surface area contributed by atoms with Gasteiger partial charge in [-0.25, -0.2) is 9.78 Å². The molecule has 0 fully saturated rings. The molecule has 32 heavy (non-hydrogen) atoms. The third kappa shape index (κ3) is 5.28. The lowest BCUT2D eigenvalue weighted by molar-refractivity contribution is -0.119. The molecule has 0 radical (unpaired) electrons. The van der Waals surface area contributed by atoms with Crippen LogP contribution in [0.4, 0.5) is 5.69 Å². The number of aryl methyl sites for hydroxylation is 1. The summed E-state index contributed by atoms with van der Waals surface area (Å²) >= 11 is 0. The summed E-state index contributed by atoms with van der Waals surface area (Å²) in [6.45, 7) is 3.78. The first kappa shape index (κ1) is 22.9. The Morgan fingerprint density at radius 3 is 2.59 bits per heavy atom. The van der Waals surface area contributed by atoms with E-state index in [1.54, 1.807) is 24.3 Å². The Bertz CT molecular complexity index is 1160. The first-order valence-corrected chi connectivity index (χ1v) is 10.2. The van der Waals surface area contributed by atoms with Crippen molar-refractivity contribution in [3.63, 3.8) is 0 Å². The fourth-order valence-corrected chi connectivity index (χ4v) is 3.35. The number of amides is 2. The average molecular weight is 435 g/mol. The van der Waals surface area contributed by atoms with Gasteiger partial charge in [-0.2, -0.15) is 0 Å². The summed E-state index contributed by atoms with van der Waals surface area (Å²) in [4.78, 5) is 41.6. The summed E-state index contributed by atoms with van der Waals surface area (Å²) in [5.41, 5.74) is 3.04. The molecule has 0 saturated heterocycles. The Kier molecular flexibility index (Phi) is 7.51. The van der Waals surface area contributed by atoms with E-state index in [4.69, 9.17) is 9.47 Å². The Morgan fingerprint density at radius 1 is 1.06 bits per heavy atom. The molecule has 0 unspecified atom stereocenters. The highest BCUT2D eigenvalue weighted by Gasteiger charge is 2.21. The number of rotatable bonds is 8. The molecule has 1 heterocycles. The van der Waals surface area contributed by atoms with Gasteiger partial charge in [-0.3, -0.25) is 9.59 Å². The number of para-hydroxylation sites is 1. The van der Waals surface area contributed by atoms with Crippen LogP contribution in [0.5, 0.6) is 0 Å². The summed E-state index contributed by atoms with van der Waals surface area (Å²) in [7, 11) is 1.52. The second kappa shape index (κ2) is 10.5. The number of nitrogens with zero attached hydrogens (tertiary/aromatic N) is 1. The molecule has 0 aliphatic heterocycles. The van der Waals surface area contributed by atoms with E-state index in [0.29, 0.717) is 29.1 Å². The van der Waals surface area contributed by atoms with Crippen molar-refractivity contribution >= 4 is 34.4 Å². The SMILES string of the molecule is CCNC(=O)c1cccc(NC(=O)COC(=O)c2c(COC)nc3ccccc3c2C)c1. The summed E-state index contributed by atoms with van der Waals surface area (Å²) in [6.07, 6.45) is 0. The highest BCUT2D eigenvalue weighted by Crippen LogP contribution is 2.24. The maximum absolute atomic E-state index is 12.8. The van der Waals surface area contributed by atoms with Gasteiger partial charge >= 0.3 is 5.97 Å². The first-order valence-electron chi connectivity index (χ1n) is 10.2. The van der Waals surface area contributed by atoms with Crippen molar-refractivity contribution in [2.45, 2.75) is 20.5 Å². The van der Waals surface area contributed by atoms with Crippen molar-refractivity contribution in [2.24, 2.45) is 0 Å². The molecule has 3 aromatic rings. The molecular formula is C24H25N3O5. The standard InChI is InChI=1S/C24H25N3O5/c1-4-25-23(29)16-8-7-9-17(12-16)26-21(28)14-32-24(30)22-15(2)18-10-5-6-11-19(18)27-20(22)13-31-3/h5-12H,4,13-14H2,1-3H3,(H,25,29)(H,26,28). The molecule has 1 aromatic heterocycles. The zero-order valence-corrected chi connectivity index (χ0v) is 18.2. The Labute approximate surface area is 185 Å². The minimum atomic E-state index is -0.654. The molecule has 0 aliphatic rings. The molecular weight excluding hydrogens is 410 g/mol. The van der Waals surface area contributed by atoms with Gasteiger partial charge in [0, 0.05) is 30.3 Å². The van der Waals surface area contributed by atoms with Crippen molar-refractivity contribution in [2.75, 3.05) is 25.6 Å². The molecule has 0 saturated carbocycles. The number of hydrogen-bond acceptors (Lipinski definition) is 6. The molecule has 8 heteroatoms. The molecule has 0 atom stereocenters. The topological polar surface area (TPSA) is 107 Å². The predicted molar refractivity (Wildman–Crippen MR) is 121 cm³/mol. The number of esters is 1. The first-order chi connectivity index (χ1) is 15.4. The van der Waals surface area contributed by atoms with Crippen molar-refractivity contribution in [3.05, 3.63) is 70.9 Å². The largest absolute Gasteiger partial charge is 0.452 e. The number of anilines is 1. The number of fused-ring (bicyclic) bond motifs is 1. The van der Waals surface area contributed by atoms with E-state index in [-0.39, 0.29) is 18.1 Å². The van der Waals surface area contributed by atoms with Gasteiger partial charge in [0.2, 0.25) is 0 Å². The highest BCUT2D eigenvalue weighted by atomic mass is 16.5. The van der Waals surface area contributed by atoms with E-state index in [1.807, 2.05) is 38.1 Å². The van der Waals surface area contributed by atoms with Crippen LogP contribution in [0.25, 0.3) is 10.9 Å². The normalized spacial score (nSPS) is 10.6. The third-order valence-corrected chi connectivity index (χ3v) is 4.79. The smallest absolute Gasteiger partial charge is 0.340 e. The van der Waals surface area contributed by atoms with E-state index < -0.39 is 18.5 Å². The molecule has 8 nitrogen and oxygen atoms in total. The van der Waals surface area contributed by atoms with E-state index in [1.165, 1.54) is 7.11 Å². The second-order valence-electron chi connectivity index (χ2n) is 7.07. The van der Waals surface area contributed by atoms with Gasteiger partial charge in [0.15, 0.2) is 6.61 Å². The van der Waals surface area contributed by atoms with Crippen LogP contribution < -0.4 is 10.6 Å². The van der Waals surface area contributed by atoms with Gasteiger partial charge in [0.1, 0.15) is 0 Å². The molecule has 0 bridgehead atoms. The fourth-order valence-electron chi connectivity index (χ4n) is 3.35. The maximum atomic E-state index is 12.8. The molecule has 3 rings (SSSR count). The summed E-state index contributed by atoms with van der Waals surface area (Å²) in [6, 6.07) is 14.0. The number of carbonyl (C=O) groups is 3. The monoisotopic (exact) mass is 435 g/mol. The van der Waals surface area contributed by atoms with Gasteiger partial charge in [-0.05, 0) is 43.7 Å². The van der Waals surface area contributed by atoms with Crippen LogP contribution in [-0.2, 0) is 20.9 Å². The van der Waals surface area contributed by atoms with Gasteiger partial charge < -0.3 is 20.1 Å². The van der Waals surface area contributed by atoms with Gasteiger partial charge in [-0.15, -0.1) is 0 Å². The minimum absolute atomic E-state index is 0.134. The number of carbonyl (C=O) groups excluding carboxylic acids is 3. The zero-order chi connectivity index (χ0) is 23.1. The quantitative estimate of drug-likeness (QED) is 0.526. The van der Waals surface area contributed by atoms with E-state index in [0.717, 1.165) is 10.9 Å². The molecule has 2 N–H and O–H groups in total. The number of pyridine rings is 1. The van der Waals surface area contributed by atoms with Gasteiger partial charge in [0.05, 0.1) is 23.4 Å². The number of methoxy groups -OCH3 is 1. The average Bonchev–Trinajstić information content (AvgIpc) is 2.78. The van der Waals surface area contributed by atoms with Crippen LogP contribution in [0.2, 0.25) is 0 Å². The van der Waals surface area contributed by atoms with Gasteiger partial charge in [-0.1, -0.05) is 24.3 Å². The number of nitrogens with one attached hydrogen (secondary N) is 2. The zero-order valence-electron chi connectivity index (χ0n) is 18.2.